The van der Waals surface area contributed by atoms with E-state index in [2.05, 4.69) is 0 Å². The van der Waals surface area contributed by atoms with Gasteiger partial charge in [0.05, 0.1) is 20.9 Å². The highest BCUT2D eigenvalue weighted by atomic mass is 32.2. The molecule has 1 aliphatic heterocycles. The molecule has 218 valence electrons. The normalized spacial score (nSPS) is 17.2. The number of nitrogens with zero attached hydrogens (tertiary/aromatic N) is 3. The first-order valence-corrected chi connectivity index (χ1v) is 16.1. The minimum atomic E-state index is -4.67. The van der Waals surface area contributed by atoms with E-state index in [1.165, 1.54) is 60.8 Å². The molecular weight excluding hydrogens is 590 g/mol. The monoisotopic (exact) mass is 615 g/mol. The van der Waals surface area contributed by atoms with E-state index in [1.54, 1.807) is 49.4 Å². The second-order valence-corrected chi connectivity index (χ2v) is 14.0. The number of aryl methyl sites for hydroxylation is 2. The maximum atomic E-state index is 14.2. The SMILES string of the molecule is Cc1ccc(S(=O)(=O)N2C(=O)c3ccccc3[C@H]([N+](=O)[O-])[C@H]2c2cn(S(=O)(=O)c3ccc(C)cc3)c3ccccc23)cc1. The molecule has 0 radical (unpaired) electrons. The van der Waals surface area contributed by atoms with E-state index >= 15 is 0 Å². The van der Waals surface area contributed by atoms with Gasteiger partial charge in [-0.2, -0.15) is 0 Å². The standard InChI is InChI=1S/C31H25N3O7S2/c1-20-11-15-22(16-12-20)42(38,39)32-19-27(24-7-5-6-10-28(24)32)29-30(34(36)37)25-8-3-4-9-26(25)31(35)33(29)43(40,41)23-17-13-21(2)14-18-23/h3-19,29-30H,1-2H3/t29-,30+/m1/s1. The molecular formula is C31H25N3O7S2. The molecule has 0 saturated carbocycles. The van der Waals surface area contributed by atoms with Crippen molar-refractivity contribution in [2.24, 2.45) is 0 Å². The van der Waals surface area contributed by atoms with Crippen molar-refractivity contribution in [3.8, 4) is 0 Å². The maximum Gasteiger partial charge on any atom is 0.269 e. The van der Waals surface area contributed by atoms with Gasteiger partial charge in [0.1, 0.15) is 6.04 Å². The van der Waals surface area contributed by atoms with Crippen LogP contribution in [-0.2, 0) is 20.0 Å². The van der Waals surface area contributed by atoms with E-state index in [9.17, 15) is 31.7 Å². The Hall–Kier alpha value is -4.81. The van der Waals surface area contributed by atoms with Crippen LogP contribution in [0.5, 0.6) is 0 Å². The van der Waals surface area contributed by atoms with Gasteiger partial charge in [-0.25, -0.2) is 25.1 Å². The van der Waals surface area contributed by atoms with Crippen LogP contribution in [0, 0.1) is 24.0 Å². The number of para-hydroxylation sites is 1. The van der Waals surface area contributed by atoms with Crippen molar-refractivity contribution in [2.75, 3.05) is 0 Å². The lowest BCUT2D eigenvalue weighted by Gasteiger charge is -2.37. The van der Waals surface area contributed by atoms with Gasteiger partial charge in [-0.05, 0) is 50.2 Å². The second-order valence-electron chi connectivity index (χ2n) is 10.4. The molecule has 0 fully saturated rings. The summed E-state index contributed by atoms with van der Waals surface area (Å²) in [6.07, 6.45) is 1.19. The Morgan fingerprint density at radius 1 is 0.698 bits per heavy atom. The number of nitro groups is 1. The van der Waals surface area contributed by atoms with Crippen LogP contribution in [0.25, 0.3) is 10.9 Å². The average molecular weight is 616 g/mol. The molecule has 1 aliphatic rings. The van der Waals surface area contributed by atoms with Crippen molar-refractivity contribution in [1.29, 1.82) is 0 Å². The Morgan fingerprint density at radius 2 is 1.23 bits per heavy atom. The summed E-state index contributed by atoms with van der Waals surface area (Å²) in [5.74, 6) is -0.947. The largest absolute Gasteiger partial charge is 0.269 e. The summed E-state index contributed by atoms with van der Waals surface area (Å²) in [7, 11) is -8.89. The first-order chi connectivity index (χ1) is 20.4. The van der Waals surface area contributed by atoms with E-state index in [0.717, 1.165) is 15.1 Å². The second kappa shape index (κ2) is 10.2. The van der Waals surface area contributed by atoms with Crippen molar-refractivity contribution in [3.63, 3.8) is 0 Å². The van der Waals surface area contributed by atoms with Gasteiger partial charge in [-0.15, -0.1) is 0 Å². The molecule has 10 nitrogen and oxygen atoms in total. The molecule has 0 N–H and O–H groups in total. The number of fused-ring (bicyclic) bond motifs is 2. The fourth-order valence-electron chi connectivity index (χ4n) is 5.53. The number of rotatable bonds is 6. The number of amides is 1. The molecule has 43 heavy (non-hydrogen) atoms. The Bertz CT molecular complexity index is 2140. The van der Waals surface area contributed by atoms with E-state index in [1.807, 2.05) is 6.92 Å². The van der Waals surface area contributed by atoms with Crippen LogP contribution in [0.2, 0.25) is 0 Å². The number of aromatic nitrogens is 1. The lowest BCUT2D eigenvalue weighted by Crippen LogP contribution is -2.47. The van der Waals surface area contributed by atoms with Crippen molar-refractivity contribution in [3.05, 3.63) is 141 Å². The van der Waals surface area contributed by atoms with E-state index in [4.69, 9.17) is 0 Å². The zero-order chi connectivity index (χ0) is 30.7. The zero-order valence-corrected chi connectivity index (χ0v) is 24.6. The number of carbonyl (C=O) groups is 1. The summed E-state index contributed by atoms with van der Waals surface area (Å²) in [6, 6.07) is 20.7. The molecule has 1 aromatic heterocycles. The topological polar surface area (TPSA) is 137 Å². The van der Waals surface area contributed by atoms with Gasteiger partial charge >= 0.3 is 0 Å². The quantitative estimate of drug-likeness (QED) is 0.184. The van der Waals surface area contributed by atoms with Gasteiger partial charge in [-0.1, -0.05) is 71.8 Å². The number of hydrogen-bond donors (Lipinski definition) is 0. The zero-order valence-electron chi connectivity index (χ0n) is 23.0. The van der Waals surface area contributed by atoms with Crippen LogP contribution in [0.15, 0.2) is 113 Å². The Kier molecular flexibility index (Phi) is 6.70. The molecule has 4 aromatic carbocycles. The van der Waals surface area contributed by atoms with E-state index in [0.29, 0.717) is 4.31 Å². The first-order valence-electron chi connectivity index (χ1n) is 13.2. The molecule has 1 amide bonds. The van der Waals surface area contributed by atoms with E-state index < -0.39 is 43.0 Å². The summed E-state index contributed by atoms with van der Waals surface area (Å²) in [4.78, 5) is 26.0. The molecule has 6 rings (SSSR count). The van der Waals surface area contributed by atoms with Gasteiger partial charge < -0.3 is 0 Å². The van der Waals surface area contributed by atoms with Gasteiger partial charge in [0.15, 0.2) is 0 Å². The van der Waals surface area contributed by atoms with Crippen LogP contribution in [-0.4, -0.2) is 35.9 Å². The van der Waals surface area contributed by atoms with Crippen molar-refractivity contribution in [1.82, 2.24) is 8.28 Å². The molecule has 5 aromatic rings. The third kappa shape index (κ3) is 4.50. The number of benzene rings is 4. The van der Waals surface area contributed by atoms with Crippen LogP contribution in [0.3, 0.4) is 0 Å². The summed E-state index contributed by atoms with van der Waals surface area (Å²) in [5.41, 5.74) is 1.73. The van der Waals surface area contributed by atoms with Crippen LogP contribution in [0.4, 0.5) is 0 Å². The fourth-order valence-corrected chi connectivity index (χ4v) is 8.46. The van der Waals surface area contributed by atoms with Crippen LogP contribution < -0.4 is 0 Å². The molecule has 0 unspecified atom stereocenters. The Labute approximate surface area is 248 Å². The molecule has 0 spiro atoms. The van der Waals surface area contributed by atoms with Crippen LogP contribution >= 0.6 is 0 Å². The summed E-state index contributed by atoms with van der Waals surface area (Å²) in [6.45, 7) is 3.59. The van der Waals surface area contributed by atoms with Gasteiger partial charge in [0, 0.05) is 27.6 Å². The molecule has 2 atom stereocenters. The number of carbonyl (C=O) groups excluding carboxylic acids is 1. The molecule has 0 aliphatic carbocycles. The summed E-state index contributed by atoms with van der Waals surface area (Å²) < 4.78 is 57.8. The lowest BCUT2D eigenvalue weighted by molar-refractivity contribution is -0.537. The highest BCUT2D eigenvalue weighted by Gasteiger charge is 2.53. The lowest BCUT2D eigenvalue weighted by atomic mass is 9.86. The number of sulfonamides is 1. The smallest absolute Gasteiger partial charge is 0.268 e. The minimum absolute atomic E-state index is 0.00604. The van der Waals surface area contributed by atoms with Gasteiger partial charge in [-0.3, -0.25) is 14.9 Å². The van der Waals surface area contributed by atoms with Crippen molar-refractivity contribution >= 4 is 36.9 Å². The van der Waals surface area contributed by atoms with Gasteiger partial charge in [0.2, 0.25) is 0 Å². The summed E-state index contributed by atoms with van der Waals surface area (Å²) in [5, 5.41) is 13.1. The van der Waals surface area contributed by atoms with Gasteiger partial charge in [0.25, 0.3) is 32.0 Å². The third-order valence-electron chi connectivity index (χ3n) is 7.67. The number of hydrogen-bond acceptors (Lipinski definition) is 7. The molecule has 12 heteroatoms. The Morgan fingerprint density at radius 3 is 1.84 bits per heavy atom. The van der Waals surface area contributed by atoms with Crippen LogP contribution in [0.1, 0.15) is 44.7 Å². The third-order valence-corrected chi connectivity index (χ3v) is 11.1. The Balaban J connectivity index is 1.67. The highest BCUT2D eigenvalue weighted by Crippen LogP contribution is 2.48. The minimum Gasteiger partial charge on any atom is -0.268 e. The average Bonchev–Trinajstić information content (AvgIpc) is 3.37. The first kappa shape index (κ1) is 28.3. The van der Waals surface area contributed by atoms with E-state index in [-0.39, 0.29) is 37.4 Å². The molecule has 0 bridgehead atoms. The predicted molar refractivity (Wildman–Crippen MR) is 159 cm³/mol. The predicted octanol–water partition coefficient (Wildman–Crippen LogP) is 5.40. The molecule has 2 heterocycles. The summed E-state index contributed by atoms with van der Waals surface area (Å²) >= 11 is 0. The molecule has 0 saturated heterocycles. The highest BCUT2D eigenvalue weighted by molar-refractivity contribution is 7.90. The fraction of sp³-hybridized carbons (Fsp3) is 0.129. The maximum absolute atomic E-state index is 14.2. The van der Waals surface area contributed by atoms with Crippen molar-refractivity contribution in [2.45, 2.75) is 35.7 Å². The van der Waals surface area contributed by atoms with Crippen molar-refractivity contribution < 1.29 is 26.6 Å².